The lowest BCUT2D eigenvalue weighted by atomic mass is 9.77. The summed E-state index contributed by atoms with van der Waals surface area (Å²) in [7, 11) is 0. The highest BCUT2D eigenvalue weighted by atomic mass is 16.7. The first-order valence-electron chi connectivity index (χ1n) is 9.44. The van der Waals surface area contributed by atoms with Crippen LogP contribution in [0.4, 0.5) is 0 Å². The topological polar surface area (TPSA) is 30.9 Å². The molecule has 4 fully saturated rings. The molecule has 3 saturated heterocycles. The minimum Gasteiger partial charge on any atom is -0.348 e. The molecule has 1 unspecified atom stereocenters. The summed E-state index contributed by atoms with van der Waals surface area (Å²) in [5.74, 6) is -0.310. The molecule has 24 heavy (non-hydrogen) atoms. The number of nitrogens with zero attached hydrogens (tertiary/aromatic N) is 1. The minimum absolute atomic E-state index is 0.0930. The highest BCUT2D eigenvalue weighted by molar-refractivity contribution is 5.24. The van der Waals surface area contributed by atoms with E-state index in [9.17, 15) is 0 Å². The first kappa shape index (κ1) is 15.3. The van der Waals surface area contributed by atoms with E-state index in [1.54, 1.807) is 0 Å². The van der Waals surface area contributed by atoms with E-state index in [-0.39, 0.29) is 16.9 Å². The van der Waals surface area contributed by atoms with Crippen LogP contribution in [0.1, 0.15) is 63.5 Å². The van der Waals surface area contributed by atoms with Gasteiger partial charge in [-0.25, -0.2) is 0 Å². The molecule has 2 spiro atoms. The number of benzene rings is 1. The summed E-state index contributed by atoms with van der Waals surface area (Å²) in [5, 5.41) is 2.22. The molecule has 0 amide bonds. The lowest BCUT2D eigenvalue weighted by Gasteiger charge is -2.50. The van der Waals surface area contributed by atoms with Crippen molar-refractivity contribution in [2.24, 2.45) is 0 Å². The summed E-state index contributed by atoms with van der Waals surface area (Å²) in [6.07, 6.45) is 7.88. The monoisotopic (exact) mass is 329 g/mol. The Morgan fingerprint density at radius 3 is 2.38 bits per heavy atom. The zero-order chi connectivity index (χ0) is 16.3. The highest BCUT2D eigenvalue weighted by Crippen LogP contribution is 2.57. The van der Waals surface area contributed by atoms with Gasteiger partial charge in [0.05, 0.1) is 30.4 Å². The van der Waals surface area contributed by atoms with Gasteiger partial charge in [0.1, 0.15) is 0 Å². The first-order chi connectivity index (χ1) is 11.6. The van der Waals surface area contributed by atoms with Crippen LogP contribution in [0.15, 0.2) is 30.3 Å². The Kier molecular flexibility index (Phi) is 3.37. The number of ether oxygens (including phenoxy) is 2. The number of piperidine rings is 1. The number of fused-ring (bicyclic) bond motifs is 3. The van der Waals surface area contributed by atoms with Crippen LogP contribution in [0, 0.1) is 0 Å². The zero-order valence-corrected chi connectivity index (χ0v) is 14.5. The van der Waals surface area contributed by atoms with Crippen molar-refractivity contribution in [3.8, 4) is 0 Å². The van der Waals surface area contributed by atoms with E-state index in [1.165, 1.54) is 24.8 Å². The van der Waals surface area contributed by atoms with Crippen molar-refractivity contribution in [1.82, 2.24) is 5.06 Å². The van der Waals surface area contributed by atoms with Crippen molar-refractivity contribution in [1.29, 1.82) is 0 Å². The molecule has 1 aliphatic carbocycles. The molecular formula is C20H27NO3. The minimum atomic E-state index is -0.310. The van der Waals surface area contributed by atoms with E-state index < -0.39 is 0 Å². The third kappa shape index (κ3) is 2.27. The van der Waals surface area contributed by atoms with Crippen LogP contribution in [0.2, 0.25) is 0 Å². The predicted molar refractivity (Wildman–Crippen MR) is 90.2 cm³/mol. The molecule has 1 aromatic rings. The maximum Gasteiger partial charge on any atom is 0.168 e. The summed E-state index contributed by atoms with van der Waals surface area (Å²) in [4.78, 5) is 6.37. The van der Waals surface area contributed by atoms with Gasteiger partial charge in [-0.3, -0.25) is 4.84 Å². The molecule has 5 rings (SSSR count). The van der Waals surface area contributed by atoms with Crippen molar-refractivity contribution in [2.45, 2.75) is 74.8 Å². The van der Waals surface area contributed by atoms with Crippen molar-refractivity contribution < 1.29 is 14.3 Å². The van der Waals surface area contributed by atoms with E-state index in [0.717, 1.165) is 38.9 Å². The normalized spacial score (nSPS) is 39.5. The van der Waals surface area contributed by atoms with Crippen molar-refractivity contribution in [3.63, 3.8) is 0 Å². The molecule has 0 radical (unpaired) electrons. The summed E-state index contributed by atoms with van der Waals surface area (Å²) in [6.45, 7) is 3.69. The van der Waals surface area contributed by atoms with Gasteiger partial charge in [0.15, 0.2) is 5.79 Å². The summed E-state index contributed by atoms with van der Waals surface area (Å²) in [6, 6.07) is 11.0. The number of hydroxylamine groups is 2. The molecular weight excluding hydrogens is 302 g/mol. The maximum atomic E-state index is 6.38. The standard InChI is InChI=1S/C20H27NO3/c1-18-12-17(16-8-4-2-5-9-16)21(24-18)19(13-18)14-22-20(23-15-19)10-6-3-7-11-20/h2,4-5,8-9,17H,3,6-7,10-15H2,1H3/t17-,18+/m0/s1. The Balaban J connectivity index is 1.39. The second kappa shape index (κ2) is 5.28. The van der Waals surface area contributed by atoms with Crippen LogP contribution >= 0.6 is 0 Å². The molecule has 4 aliphatic rings. The average Bonchev–Trinajstić information content (AvgIpc) is 3.11. The van der Waals surface area contributed by atoms with Crippen LogP contribution in [-0.2, 0) is 14.3 Å². The van der Waals surface area contributed by atoms with E-state index in [2.05, 4.69) is 42.3 Å². The third-order valence-electron chi connectivity index (χ3n) is 6.40. The van der Waals surface area contributed by atoms with Gasteiger partial charge in [-0.1, -0.05) is 36.8 Å². The van der Waals surface area contributed by atoms with Gasteiger partial charge in [0, 0.05) is 25.7 Å². The molecule has 130 valence electrons. The van der Waals surface area contributed by atoms with Gasteiger partial charge in [-0.05, 0) is 25.3 Å². The fourth-order valence-corrected chi connectivity index (χ4v) is 5.29. The SMILES string of the molecule is C[C@]12C[C@@H](c3ccccc3)N(O1)C1(COC3(CCCCC3)OC1)C2. The molecule has 1 saturated carbocycles. The molecule has 0 N–H and O–H groups in total. The van der Waals surface area contributed by atoms with Gasteiger partial charge >= 0.3 is 0 Å². The highest BCUT2D eigenvalue weighted by Gasteiger charge is 2.64. The predicted octanol–water partition coefficient (Wildman–Crippen LogP) is 3.97. The first-order valence-corrected chi connectivity index (χ1v) is 9.44. The second-order valence-corrected chi connectivity index (χ2v) is 8.45. The molecule has 4 heteroatoms. The van der Waals surface area contributed by atoms with Crippen molar-refractivity contribution >= 4 is 0 Å². The van der Waals surface area contributed by atoms with Gasteiger partial charge in [-0.2, -0.15) is 5.06 Å². The van der Waals surface area contributed by atoms with E-state index >= 15 is 0 Å². The molecule has 3 heterocycles. The van der Waals surface area contributed by atoms with Gasteiger partial charge in [0.25, 0.3) is 0 Å². The third-order valence-corrected chi connectivity index (χ3v) is 6.40. The Morgan fingerprint density at radius 2 is 1.71 bits per heavy atom. The summed E-state index contributed by atoms with van der Waals surface area (Å²) in [5.41, 5.74) is 1.11. The zero-order valence-electron chi connectivity index (χ0n) is 14.5. The Labute approximate surface area is 144 Å². The fraction of sp³-hybridized carbons (Fsp3) is 0.700. The second-order valence-electron chi connectivity index (χ2n) is 8.45. The van der Waals surface area contributed by atoms with E-state index in [4.69, 9.17) is 14.3 Å². The lowest BCUT2D eigenvalue weighted by molar-refractivity contribution is -0.334. The number of hydrogen-bond donors (Lipinski definition) is 0. The van der Waals surface area contributed by atoms with Gasteiger partial charge < -0.3 is 9.47 Å². The largest absolute Gasteiger partial charge is 0.348 e. The molecule has 2 bridgehead atoms. The van der Waals surface area contributed by atoms with E-state index in [0.29, 0.717) is 6.04 Å². The molecule has 1 aromatic carbocycles. The summed E-state index contributed by atoms with van der Waals surface area (Å²) >= 11 is 0. The molecule has 4 nitrogen and oxygen atoms in total. The Hall–Kier alpha value is -0.940. The number of rotatable bonds is 1. The van der Waals surface area contributed by atoms with Gasteiger partial charge in [0.2, 0.25) is 0 Å². The maximum absolute atomic E-state index is 6.38. The fourth-order valence-electron chi connectivity index (χ4n) is 5.29. The summed E-state index contributed by atoms with van der Waals surface area (Å²) < 4.78 is 12.8. The number of hydrogen-bond acceptors (Lipinski definition) is 4. The lowest BCUT2D eigenvalue weighted by Crippen LogP contribution is -2.61. The molecule has 3 atom stereocenters. The Bertz CT molecular complexity index is 603. The van der Waals surface area contributed by atoms with Crippen LogP contribution in [0.25, 0.3) is 0 Å². The van der Waals surface area contributed by atoms with Crippen LogP contribution in [0.3, 0.4) is 0 Å². The van der Waals surface area contributed by atoms with Crippen LogP contribution in [-0.4, -0.2) is 35.2 Å². The van der Waals surface area contributed by atoms with E-state index in [1.807, 2.05) is 0 Å². The van der Waals surface area contributed by atoms with Crippen molar-refractivity contribution in [3.05, 3.63) is 35.9 Å². The molecule has 3 aliphatic heterocycles. The van der Waals surface area contributed by atoms with Gasteiger partial charge in [-0.15, -0.1) is 0 Å². The van der Waals surface area contributed by atoms with Crippen LogP contribution < -0.4 is 0 Å². The Morgan fingerprint density at radius 1 is 1.00 bits per heavy atom. The average molecular weight is 329 g/mol. The smallest absolute Gasteiger partial charge is 0.168 e. The quantitative estimate of drug-likeness (QED) is 0.780. The molecule has 0 aromatic heterocycles. The van der Waals surface area contributed by atoms with Crippen LogP contribution in [0.5, 0.6) is 0 Å². The van der Waals surface area contributed by atoms with Crippen molar-refractivity contribution in [2.75, 3.05) is 13.2 Å².